The number of nitrogens with zero attached hydrogens (tertiary/aromatic N) is 4. The molecule has 3 aromatic carbocycles. The van der Waals surface area contributed by atoms with Crippen molar-refractivity contribution >= 4 is 69.9 Å². The summed E-state index contributed by atoms with van der Waals surface area (Å²) >= 11 is 7.53. The highest BCUT2D eigenvalue weighted by atomic mass is 35.5. The highest BCUT2D eigenvalue weighted by Gasteiger charge is 2.45. The monoisotopic (exact) mass is 823 g/mol. The van der Waals surface area contributed by atoms with Gasteiger partial charge in [-0.05, 0) is 73.9 Å². The van der Waals surface area contributed by atoms with Crippen LogP contribution in [0, 0.1) is 6.92 Å². The molecule has 1 saturated carbocycles. The largest absolute Gasteiger partial charge is 0.467 e. The van der Waals surface area contributed by atoms with Crippen LogP contribution in [0.3, 0.4) is 0 Å². The summed E-state index contributed by atoms with van der Waals surface area (Å²) < 4.78 is 48.5. The van der Waals surface area contributed by atoms with Crippen LogP contribution in [0.15, 0.2) is 78.2 Å². The van der Waals surface area contributed by atoms with Crippen molar-refractivity contribution in [3.63, 3.8) is 0 Å². The number of rotatable bonds is 14. The number of aromatic nitrogens is 4. The van der Waals surface area contributed by atoms with Gasteiger partial charge in [0, 0.05) is 39.4 Å². The standard InChI is InChI=1S/C37H33ClF3N9O6S/c1-20-43-28(18-57-20)21-3-11-25(12-4-21)44-31(53)30(52)42-17-27(32(54)55-2)46-29(51)22-5-13-26(14-6-22)45-33-47-34(49-35(48-33)56-19-37(39,40)41)50-36(15-16-36)23-7-9-24(38)10-8-23/h3-14,18,27H,15-17,19H2,1-2H3,(H,42,52)(H,44,53)(H,46,51)(H2,45,47,48,49,50)/t27-/m0/s1. The van der Waals surface area contributed by atoms with Crippen LogP contribution in [0.25, 0.3) is 11.3 Å². The van der Waals surface area contributed by atoms with Crippen molar-refractivity contribution in [3.8, 4) is 17.3 Å². The average molecular weight is 824 g/mol. The summed E-state index contributed by atoms with van der Waals surface area (Å²) in [7, 11) is 1.09. The average Bonchev–Trinajstić information content (AvgIpc) is 3.84. The molecule has 0 bridgehead atoms. The second-order valence-corrected chi connectivity index (χ2v) is 14.1. The summed E-state index contributed by atoms with van der Waals surface area (Å²) in [5.41, 5.74) is 2.71. The topological polar surface area (TPSA) is 198 Å². The van der Waals surface area contributed by atoms with Crippen LogP contribution in [0.2, 0.25) is 5.02 Å². The number of carbonyl (C=O) groups excluding carboxylic acids is 4. The smallest absolute Gasteiger partial charge is 0.422 e. The minimum absolute atomic E-state index is 0.0390. The van der Waals surface area contributed by atoms with Crippen LogP contribution >= 0.6 is 22.9 Å². The van der Waals surface area contributed by atoms with Gasteiger partial charge in [-0.15, -0.1) is 11.3 Å². The van der Waals surface area contributed by atoms with Gasteiger partial charge in [0.25, 0.3) is 5.91 Å². The first-order valence-corrected chi connectivity index (χ1v) is 18.3. The van der Waals surface area contributed by atoms with Gasteiger partial charge in [-0.3, -0.25) is 14.4 Å². The molecule has 1 fully saturated rings. The number of thiazole rings is 1. The number of benzene rings is 3. The molecule has 0 spiro atoms. The number of amides is 3. The zero-order valence-electron chi connectivity index (χ0n) is 30.1. The lowest BCUT2D eigenvalue weighted by molar-refractivity contribution is -0.154. The zero-order valence-corrected chi connectivity index (χ0v) is 31.6. The van der Waals surface area contributed by atoms with Crippen LogP contribution < -0.4 is 31.3 Å². The fourth-order valence-corrected chi connectivity index (χ4v) is 6.12. The Balaban J connectivity index is 1.07. The zero-order chi connectivity index (χ0) is 40.7. The van der Waals surface area contributed by atoms with Gasteiger partial charge in [-0.1, -0.05) is 35.9 Å². The summed E-state index contributed by atoms with van der Waals surface area (Å²) in [5, 5.41) is 16.7. The fourth-order valence-electron chi connectivity index (χ4n) is 5.37. The van der Waals surface area contributed by atoms with Gasteiger partial charge < -0.3 is 36.1 Å². The molecule has 57 heavy (non-hydrogen) atoms. The summed E-state index contributed by atoms with van der Waals surface area (Å²) in [6.45, 7) is -0.214. The van der Waals surface area contributed by atoms with Crippen molar-refractivity contribution in [2.75, 3.05) is 36.2 Å². The van der Waals surface area contributed by atoms with E-state index in [9.17, 15) is 32.3 Å². The Morgan fingerprint density at radius 2 is 1.54 bits per heavy atom. The Labute approximate surface area is 331 Å². The molecule has 0 unspecified atom stereocenters. The molecule has 0 saturated heterocycles. The van der Waals surface area contributed by atoms with Crippen LogP contribution in [0.5, 0.6) is 6.01 Å². The van der Waals surface area contributed by atoms with E-state index in [0.717, 1.165) is 28.9 Å². The van der Waals surface area contributed by atoms with Gasteiger partial charge in [-0.2, -0.15) is 28.1 Å². The SMILES string of the molecule is COC(=O)[C@H](CNC(=O)C(=O)Nc1ccc(-c2csc(C)n2)cc1)NC(=O)c1ccc(Nc2nc(NC3(c4ccc(Cl)cc4)CC3)nc(OCC(F)(F)F)n2)cc1. The summed E-state index contributed by atoms with van der Waals surface area (Å²) in [6, 6.07) is 17.6. The molecule has 0 radical (unpaired) electrons. The van der Waals surface area contributed by atoms with Gasteiger partial charge in [0.2, 0.25) is 11.9 Å². The molecular weight excluding hydrogens is 791 g/mol. The third-order valence-corrected chi connectivity index (χ3v) is 9.43. The first-order valence-electron chi connectivity index (χ1n) is 17.1. The predicted molar refractivity (Wildman–Crippen MR) is 204 cm³/mol. The van der Waals surface area contributed by atoms with E-state index < -0.39 is 60.6 Å². The van der Waals surface area contributed by atoms with Crippen LogP contribution in [-0.4, -0.2) is 76.1 Å². The lowest BCUT2D eigenvalue weighted by Crippen LogP contribution is -2.50. The van der Waals surface area contributed by atoms with Gasteiger partial charge >= 0.3 is 30.0 Å². The molecule has 1 atom stereocenters. The maximum Gasteiger partial charge on any atom is 0.422 e. The minimum Gasteiger partial charge on any atom is -0.467 e. The number of esters is 1. The maximum absolute atomic E-state index is 13.1. The van der Waals surface area contributed by atoms with Gasteiger partial charge in [0.05, 0.1) is 23.4 Å². The van der Waals surface area contributed by atoms with Gasteiger partial charge in [0.15, 0.2) is 6.61 Å². The number of nitrogens with one attached hydrogen (secondary N) is 5. The van der Waals surface area contributed by atoms with Crippen LogP contribution in [-0.2, 0) is 24.7 Å². The Bertz CT molecular complexity index is 2260. The van der Waals surface area contributed by atoms with E-state index >= 15 is 0 Å². The number of ether oxygens (including phenoxy) is 2. The molecule has 20 heteroatoms. The van der Waals surface area contributed by atoms with E-state index in [4.69, 9.17) is 21.1 Å². The number of hydrogen-bond acceptors (Lipinski definition) is 13. The van der Waals surface area contributed by atoms with Crippen molar-refractivity contribution in [1.82, 2.24) is 30.6 Å². The van der Waals surface area contributed by atoms with E-state index in [2.05, 4.69) is 46.5 Å². The molecule has 6 rings (SSSR count). The highest BCUT2D eigenvalue weighted by Crippen LogP contribution is 2.48. The lowest BCUT2D eigenvalue weighted by atomic mass is 10.1. The fraction of sp³-hybridized carbons (Fsp3) is 0.243. The van der Waals surface area contributed by atoms with Crippen molar-refractivity contribution in [1.29, 1.82) is 0 Å². The Morgan fingerprint density at radius 1 is 0.877 bits per heavy atom. The molecule has 0 aliphatic heterocycles. The molecule has 5 N–H and O–H groups in total. The minimum atomic E-state index is -4.64. The Kier molecular flexibility index (Phi) is 12.2. The molecule has 5 aromatic rings. The summed E-state index contributed by atoms with van der Waals surface area (Å²) in [5.74, 6) is -3.86. The van der Waals surface area contributed by atoms with E-state index in [1.807, 2.05) is 24.4 Å². The van der Waals surface area contributed by atoms with Gasteiger partial charge in [0.1, 0.15) is 6.04 Å². The number of carbonyl (C=O) groups is 4. The van der Waals surface area contributed by atoms with Gasteiger partial charge in [-0.25, -0.2) is 9.78 Å². The first kappa shape index (κ1) is 40.3. The molecule has 2 aromatic heterocycles. The first-order chi connectivity index (χ1) is 27.2. The molecule has 1 aliphatic carbocycles. The molecule has 1 aliphatic rings. The quantitative estimate of drug-likeness (QED) is 0.0671. The summed E-state index contributed by atoms with van der Waals surface area (Å²) in [4.78, 5) is 67.5. The van der Waals surface area contributed by atoms with Crippen LogP contribution in [0.1, 0.15) is 33.8 Å². The lowest BCUT2D eigenvalue weighted by Gasteiger charge is -2.19. The predicted octanol–water partition coefficient (Wildman–Crippen LogP) is 5.77. The van der Waals surface area contributed by atoms with Crippen molar-refractivity contribution in [3.05, 3.63) is 99.3 Å². The molecule has 3 amide bonds. The number of aryl methyl sites for hydroxylation is 1. The maximum atomic E-state index is 13.1. The third kappa shape index (κ3) is 10.9. The number of alkyl halides is 3. The van der Waals surface area contributed by atoms with E-state index in [0.29, 0.717) is 29.2 Å². The molecule has 2 heterocycles. The second-order valence-electron chi connectivity index (χ2n) is 12.6. The van der Waals surface area contributed by atoms with E-state index in [-0.39, 0.29) is 17.5 Å². The third-order valence-electron chi connectivity index (χ3n) is 8.40. The molecule has 296 valence electrons. The molecule has 15 nitrogen and oxygen atoms in total. The highest BCUT2D eigenvalue weighted by molar-refractivity contribution is 7.09. The van der Waals surface area contributed by atoms with Crippen molar-refractivity contribution in [2.24, 2.45) is 0 Å². The summed E-state index contributed by atoms with van der Waals surface area (Å²) in [6.07, 6.45) is -3.24. The Morgan fingerprint density at radius 3 is 2.16 bits per heavy atom. The van der Waals surface area contributed by atoms with E-state index in [1.54, 1.807) is 36.4 Å². The number of methoxy groups -OCH3 is 1. The van der Waals surface area contributed by atoms with Crippen molar-refractivity contribution in [2.45, 2.75) is 37.5 Å². The normalized spacial score (nSPS) is 13.4. The number of halogens is 4. The van der Waals surface area contributed by atoms with E-state index in [1.165, 1.54) is 35.6 Å². The Hall–Kier alpha value is -6.34. The molecular formula is C37H33ClF3N9O6S. The van der Waals surface area contributed by atoms with Crippen LogP contribution in [0.4, 0.5) is 36.4 Å². The number of anilines is 4. The van der Waals surface area contributed by atoms with Crippen molar-refractivity contribution < 1.29 is 41.8 Å². The second kappa shape index (κ2) is 17.2. The number of hydrogen-bond donors (Lipinski definition) is 5.